The third-order valence-corrected chi connectivity index (χ3v) is 9.58. The van der Waals surface area contributed by atoms with Crippen molar-refractivity contribution in [2.75, 3.05) is 4.90 Å². The van der Waals surface area contributed by atoms with Crippen LogP contribution in [0.5, 0.6) is 0 Å². The van der Waals surface area contributed by atoms with Gasteiger partial charge in [-0.1, -0.05) is 78.9 Å². The lowest BCUT2D eigenvalue weighted by Gasteiger charge is -2.26. The largest absolute Gasteiger partial charge is 0.456 e. The monoisotopic (exact) mass is 567 g/mol. The van der Waals surface area contributed by atoms with Gasteiger partial charge in [-0.15, -0.1) is 11.3 Å². The summed E-state index contributed by atoms with van der Waals surface area (Å²) < 4.78 is 8.69. The molecule has 0 saturated carbocycles. The zero-order valence-electron chi connectivity index (χ0n) is 23.2. The Morgan fingerprint density at radius 1 is 0.395 bits per heavy atom. The lowest BCUT2D eigenvalue weighted by Crippen LogP contribution is -2.09. The van der Waals surface area contributed by atoms with Crippen LogP contribution in [-0.4, -0.2) is 0 Å². The molecule has 0 aliphatic heterocycles. The van der Waals surface area contributed by atoms with Crippen LogP contribution in [-0.2, 0) is 0 Å². The summed E-state index contributed by atoms with van der Waals surface area (Å²) in [5, 5.41) is 7.33. The molecule has 0 amide bonds. The maximum atomic E-state index is 6.06. The normalized spacial score (nSPS) is 11.7. The lowest BCUT2D eigenvalue weighted by molar-refractivity contribution is 0.669. The molecule has 0 aliphatic carbocycles. The molecular formula is C40H25NOS. The second-order valence-corrected chi connectivity index (χ2v) is 12.1. The molecule has 9 aromatic rings. The predicted molar refractivity (Wildman–Crippen MR) is 184 cm³/mol. The Bertz CT molecular complexity index is 2470. The Kier molecular flexibility index (Phi) is 5.40. The molecule has 0 N–H and O–H groups in total. The van der Waals surface area contributed by atoms with Crippen LogP contribution in [0.25, 0.3) is 64.0 Å². The SMILES string of the molecule is c1ccc(N(c2ccc3cc(-c4ccc5oc6ccccc6c5c4)ccc3c2)c2ccc3sc4ccccc4c3c2)cc1. The minimum atomic E-state index is 0.921. The van der Waals surface area contributed by atoms with E-state index >= 15 is 0 Å². The number of thiophene rings is 1. The van der Waals surface area contributed by atoms with Gasteiger partial charge in [0.15, 0.2) is 0 Å². The Morgan fingerprint density at radius 3 is 1.98 bits per heavy atom. The molecule has 3 heteroatoms. The van der Waals surface area contributed by atoms with Gasteiger partial charge < -0.3 is 9.32 Å². The summed E-state index contributed by atoms with van der Waals surface area (Å²) in [6.07, 6.45) is 0. The number of furan rings is 1. The second kappa shape index (κ2) is 9.59. The van der Waals surface area contributed by atoms with E-state index in [4.69, 9.17) is 4.42 Å². The zero-order valence-corrected chi connectivity index (χ0v) is 24.0. The fourth-order valence-electron chi connectivity index (χ4n) is 6.33. The first-order valence-electron chi connectivity index (χ1n) is 14.5. The van der Waals surface area contributed by atoms with Gasteiger partial charge in [0.25, 0.3) is 0 Å². The van der Waals surface area contributed by atoms with E-state index in [1.807, 2.05) is 23.5 Å². The average Bonchev–Trinajstić information content (AvgIpc) is 3.63. The van der Waals surface area contributed by atoms with Crippen molar-refractivity contribution in [1.29, 1.82) is 0 Å². The number of hydrogen-bond donors (Lipinski definition) is 0. The zero-order chi connectivity index (χ0) is 28.3. The molecule has 0 saturated heterocycles. The second-order valence-electron chi connectivity index (χ2n) is 11.0. The van der Waals surface area contributed by atoms with Crippen molar-refractivity contribution in [3.8, 4) is 11.1 Å². The van der Waals surface area contributed by atoms with E-state index < -0.39 is 0 Å². The van der Waals surface area contributed by atoms with Gasteiger partial charge in [0.05, 0.1) is 0 Å². The quantitative estimate of drug-likeness (QED) is 0.210. The summed E-state index contributed by atoms with van der Waals surface area (Å²) in [6.45, 7) is 0. The maximum Gasteiger partial charge on any atom is 0.135 e. The van der Waals surface area contributed by atoms with Crippen LogP contribution in [0.15, 0.2) is 156 Å². The number of nitrogens with zero attached hydrogens (tertiary/aromatic N) is 1. The number of hydrogen-bond acceptors (Lipinski definition) is 3. The first-order chi connectivity index (χ1) is 21.3. The van der Waals surface area contributed by atoms with Gasteiger partial charge in [0, 0.05) is 48.0 Å². The molecule has 2 heterocycles. The molecule has 9 rings (SSSR count). The Hall–Kier alpha value is -5.38. The summed E-state index contributed by atoms with van der Waals surface area (Å²) >= 11 is 1.85. The lowest BCUT2D eigenvalue weighted by atomic mass is 9.99. The number of anilines is 3. The van der Waals surface area contributed by atoms with Crippen LogP contribution in [0.2, 0.25) is 0 Å². The van der Waals surface area contributed by atoms with E-state index in [9.17, 15) is 0 Å². The van der Waals surface area contributed by atoms with Gasteiger partial charge in [-0.25, -0.2) is 0 Å². The minimum absolute atomic E-state index is 0.921. The Morgan fingerprint density at radius 2 is 1.05 bits per heavy atom. The number of fused-ring (bicyclic) bond motifs is 7. The third kappa shape index (κ3) is 4.01. The Labute approximate surface area is 252 Å². The standard InChI is InChI=1S/C40H25NOS/c1-2-8-30(9-3-1)41(32-19-21-40-36(25-32)34-11-5-7-13-39(34)43-40)31-18-16-27-22-26(14-15-28(27)23-31)29-17-20-38-35(24-29)33-10-4-6-12-37(33)42-38/h1-25H. The van der Waals surface area contributed by atoms with Crippen LogP contribution < -0.4 is 4.90 Å². The molecule has 2 nitrogen and oxygen atoms in total. The topological polar surface area (TPSA) is 16.4 Å². The fourth-order valence-corrected chi connectivity index (χ4v) is 7.42. The molecule has 0 unspecified atom stereocenters. The average molecular weight is 568 g/mol. The highest BCUT2D eigenvalue weighted by molar-refractivity contribution is 7.25. The number of rotatable bonds is 4. The van der Waals surface area contributed by atoms with Gasteiger partial charge in [0.1, 0.15) is 11.2 Å². The van der Waals surface area contributed by atoms with E-state index in [-0.39, 0.29) is 0 Å². The van der Waals surface area contributed by atoms with Crippen molar-refractivity contribution in [2.24, 2.45) is 0 Å². The molecule has 43 heavy (non-hydrogen) atoms. The van der Waals surface area contributed by atoms with Crippen LogP contribution in [0.3, 0.4) is 0 Å². The molecular weight excluding hydrogens is 543 g/mol. The van der Waals surface area contributed by atoms with E-state index in [1.54, 1.807) is 0 Å². The highest BCUT2D eigenvalue weighted by Gasteiger charge is 2.15. The van der Waals surface area contributed by atoms with Crippen molar-refractivity contribution in [3.05, 3.63) is 152 Å². The first-order valence-corrected chi connectivity index (χ1v) is 15.3. The summed E-state index contributed by atoms with van der Waals surface area (Å²) in [7, 11) is 0. The highest BCUT2D eigenvalue weighted by Crippen LogP contribution is 2.41. The third-order valence-electron chi connectivity index (χ3n) is 8.42. The van der Waals surface area contributed by atoms with Gasteiger partial charge in [0.2, 0.25) is 0 Å². The van der Waals surface area contributed by atoms with E-state index in [2.05, 4.69) is 144 Å². The number of para-hydroxylation sites is 2. The molecule has 0 fully saturated rings. The molecule has 0 aliphatic rings. The van der Waals surface area contributed by atoms with Gasteiger partial charge >= 0.3 is 0 Å². The summed E-state index contributed by atoms with van der Waals surface area (Å²) in [6, 6.07) is 54.4. The van der Waals surface area contributed by atoms with Crippen molar-refractivity contribution in [2.45, 2.75) is 0 Å². The van der Waals surface area contributed by atoms with E-state index in [1.165, 1.54) is 42.1 Å². The fraction of sp³-hybridized carbons (Fsp3) is 0. The number of benzene rings is 7. The van der Waals surface area contributed by atoms with Crippen molar-refractivity contribution < 1.29 is 4.42 Å². The summed E-state index contributed by atoms with van der Waals surface area (Å²) in [5.41, 5.74) is 7.66. The van der Waals surface area contributed by atoms with E-state index in [0.29, 0.717) is 0 Å². The molecule has 0 spiro atoms. The summed E-state index contributed by atoms with van der Waals surface area (Å²) in [5.74, 6) is 0. The molecule has 2 aromatic heterocycles. The smallest absolute Gasteiger partial charge is 0.135 e. The Balaban J connectivity index is 1.15. The highest BCUT2D eigenvalue weighted by atomic mass is 32.1. The molecule has 0 atom stereocenters. The minimum Gasteiger partial charge on any atom is -0.456 e. The van der Waals surface area contributed by atoms with Crippen LogP contribution in [0.1, 0.15) is 0 Å². The predicted octanol–water partition coefficient (Wildman–Crippen LogP) is 12.2. The summed E-state index contributed by atoms with van der Waals surface area (Å²) in [4.78, 5) is 2.36. The van der Waals surface area contributed by atoms with Gasteiger partial charge in [-0.05, 0) is 94.7 Å². The van der Waals surface area contributed by atoms with E-state index in [0.717, 1.165) is 39.0 Å². The first kappa shape index (κ1) is 24.2. The van der Waals surface area contributed by atoms with Crippen molar-refractivity contribution >= 4 is 81.3 Å². The van der Waals surface area contributed by atoms with Crippen molar-refractivity contribution in [1.82, 2.24) is 0 Å². The van der Waals surface area contributed by atoms with Crippen LogP contribution in [0.4, 0.5) is 17.1 Å². The van der Waals surface area contributed by atoms with Gasteiger partial charge in [-0.2, -0.15) is 0 Å². The van der Waals surface area contributed by atoms with Crippen LogP contribution in [0, 0.1) is 0 Å². The molecule has 0 radical (unpaired) electrons. The van der Waals surface area contributed by atoms with Gasteiger partial charge in [-0.3, -0.25) is 0 Å². The molecule has 0 bridgehead atoms. The maximum absolute atomic E-state index is 6.06. The molecule has 202 valence electrons. The van der Waals surface area contributed by atoms with Crippen molar-refractivity contribution in [3.63, 3.8) is 0 Å². The van der Waals surface area contributed by atoms with Crippen LogP contribution >= 0.6 is 11.3 Å². The molecule has 7 aromatic carbocycles.